The van der Waals surface area contributed by atoms with Crippen molar-refractivity contribution in [2.24, 2.45) is 17.8 Å². The molecule has 20 heavy (non-hydrogen) atoms. The molecule has 3 rings (SSSR count). The van der Waals surface area contributed by atoms with E-state index in [1.54, 1.807) is 0 Å². The topological polar surface area (TPSA) is 62.4 Å². The second-order valence-electron chi connectivity index (χ2n) is 6.49. The smallest absolute Gasteiger partial charge is 0.314 e. The van der Waals surface area contributed by atoms with Crippen molar-refractivity contribution < 1.29 is 9.53 Å². The second-order valence-corrected chi connectivity index (χ2v) is 6.49. The molecule has 2 saturated carbocycles. The predicted octanol–water partition coefficient (Wildman–Crippen LogP) is 1.10. The molecule has 3 aliphatic rings. The fraction of sp³-hybridized carbons (Fsp3) is 0.933. The minimum absolute atomic E-state index is 0.0443. The van der Waals surface area contributed by atoms with Gasteiger partial charge < -0.3 is 20.7 Å². The third-order valence-corrected chi connectivity index (χ3v) is 4.97. The molecular weight excluding hydrogens is 254 g/mol. The molecule has 1 unspecified atom stereocenters. The molecule has 1 aliphatic heterocycles. The third-order valence-electron chi connectivity index (χ3n) is 4.97. The first-order chi connectivity index (χ1) is 9.83. The number of nitrogens with one attached hydrogen (secondary N) is 3. The van der Waals surface area contributed by atoms with Crippen LogP contribution in [0, 0.1) is 17.8 Å². The number of rotatable bonds is 5. The Bertz CT molecular complexity index is 325. The van der Waals surface area contributed by atoms with Gasteiger partial charge in [-0.3, -0.25) is 0 Å². The van der Waals surface area contributed by atoms with Gasteiger partial charge in [0.15, 0.2) is 0 Å². The lowest BCUT2D eigenvalue weighted by atomic mass is 9.81. The highest BCUT2D eigenvalue weighted by Gasteiger charge is 2.44. The van der Waals surface area contributed by atoms with E-state index in [-0.39, 0.29) is 12.1 Å². The van der Waals surface area contributed by atoms with Crippen LogP contribution >= 0.6 is 0 Å². The van der Waals surface area contributed by atoms with Gasteiger partial charge in [-0.25, -0.2) is 4.79 Å². The van der Waals surface area contributed by atoms with Crippen LogP contribution in [0.15, 0.2) is 0 Å². The number of ether oxygens (including phenoxy) is 1. The maximum absolute atomic E-state index is 11.8. The Balaban J connectivity index is 1.26. The van der Waals surface area contributed by atoms with Gasteiger partial charge in [0.2, 0.25) is 0 Å². The quantitative estimate of drug-likeness (QED) is 0.707. The molecule has 1 saturated heterocycles. The first-order valence-corrected chi connectivity index (χ1v) is 8.17. The lowest BCUT2D eigenvalue weighted by Crippen LogP contribution is -2.43. The van der Waals surface area contributed by atoms with Gasteiger partial charge in [-0.2, -0.15) is 0 Å². The van der Waals surface area contributed by atoms with Gasteiger partial charge in [0, 0.05) is 26.2 Å². The summed E-state index contributed by atoms with van der Waals surface area (Å²) in [6.07, 6.45) is 6.72. The average Bonchev–Trinajstić information content (AvgIpc) is 3.16. The molecule has 2 amide bonds. The van der Waals surface area contributed by atoms with Crippen LogP contribution in [0.5, 0.6) is 0 Å². The molecule has 2 aliphatic carbocycles. The maximum Gasteiger partial charge on any atom is 0.314 e. The van der Waals surface area contributed by atoms with Crippen molar-refractivity contribution in [2.75, 3.05) is 32.8 Å². The summed E-state index contributed by atoms with van der Waals surface area (Å²) in [6, 6.07) is -0.0443. The fourth-order valence-electron chi connectivity index (χ4n) is 3.34. The van der Waals surface area contributed by atoms with Gasteiger partial charge in [0.1, 0.15) is 0 Å². The van der Waals surface area contributed by atoms with Crippen molar-refractivity contribution in [3.8, 4) is 0 Å². The van der Waals surface area contributed by atoms with Gasteiger partial charge in [0.05, 0.1) is 6.10 Å². The molecule has 0 aromatic rings. The van der Waals surface area contributed by atoms with E-state index < -0.39 is 0 Å². The molecule has 5 heteroatoms. The Kier molecular flexibility index (Phi) is 4.78. The molecule has 0 aromatic carbocycles. The summed E-state index contributed by atoms with van der Waals surface area (Å²) in [5.74, 6) is 2.61. The van der Waals surface area contributed by atoms with Gasteiger partial charge in [-0.1, -0.05) is 19.3 Å². The van der Waals surface area contributed by atoms with Crippen molar-refractivity contribution in [3.63, 3.8) is 0 Å². The summed E-state index contributed by atoms with van der Waals surface area (Å²) in [5.41, 5.74) is 0. The number of urea groups is 1. The molecule has 3 N–H and O–H groups in total. The highest BCUT2D eigenvalue weighted by Crippen LogP contribution is 2.51. The van der Waals surface area contributed by atoms with Gasteiger partial charge in [-0.15, -0.1) is 0 Å². The second kappa shape index (κ2) is 6.76. The Labute approximate surface area is 121 Å². The zero-order valence-electron chi connectivity index (χ0n) is 12.2. The average molecular weight is 281 g/mol. The third kappa shape index (κ3) is 3.85. The molecule has 0 spiro atoms. The monoisotopic (exact) mass is 281 g/mol. The Morgan fingerprint density at radius 2 is 2.05 bits per heavy atom. The molecule has 5 nitrogen and oxygen atoms in total. The summed E-state index contributed by atoms with van der Waals surface area (Å²) >= 11 is 0. The normalized spacial score (nSPS) is 33.9. The van der Waals surface area contributed by atoms with Crippen LogP contribution in [0.1, 0.15) is 32.1 Å². The number of carbonyl (C=O) groups is 1. The minimum Gasteiger partial charge on any atom is -0.375 e. The SMILES string of the molecule is O=C(NCC1CNCCCO1)NC[C@@H]1C[C@H]1C1CCC1. The van der Waals surface area contributed by atoms with Gasteiger partial charge >= 0.3 is 6.03 Å². The molecule has 0 bridgehead atoms. The van der Waals surface area contributed by atoms with E-state index in [4.69, 9.17) is 4.74 Å². The molecule has 0 aromatic heterocycles. The zero-order chi connectivity index (χ0) is 13.8. The van der Waals surface area contributed by atoms with E-state index in [1.165, 1.54) is 25.7 Å². The first-order valence-electron chi connectivity index (χ1n) is 8.17. The van der Waals surface area contributed by atoms with Crippen LogP contribution in [0.25, 0.3) is 0 Å². The number of hydrogen-bond donors (Lipinski definition) is 3. The van der Waals surface area contributed by atoms with Crippen LogP contribution in [-0.2, 0) is 4.74 Å². The van der Waals surface area contributed by atoms with Crippen molar-refractivity contribution in [3.05, 3.63) is 0 Å². The van der Waals surface area contributed by atoms with E-state index in [0.29, 0.717) is 6.54 Å². The standard InChI is InChI=1S/C15H27N3O2/c19-15(18-10-13-9-16-5-2-6-20-13)17-8-12-7-14(12)11-3-1-4-11/h11-14,16H,1-10H2,(H2,17,18,19)/t12-,13?,14-/m0/s1. The Morgan fingerprint density at radius 3 is 2.85 bits per heavy atom. The summed E-state index contributed by atoms with van der Waals surface area (Å²) in [7, 11) is 0. The Morgan fingerprint density at radius 1 is 1.20 bits per heavy atom. The Hall–Kier alpha value is -0.810. The molecule has 1 heterocycles. The lowest BCUT2D eigenvalue weighted by molar-refractivity contribution is 0.0685. The number of hydrogen-bond acceptors (Lipinski definition) is 3. The highest BCUT2D eigenvalue weighted by molar-refractivity contribution is 5.73. The van der Waals surface area contributed by atoms with E-state index in [1.807, 2.05) is 0 Å². The van der Waals surface area contributed by atoms with Gasteiger partial charge in [0.25, 0.3) is 0 Å². The molecule has 0 radical (unpaired) electrons. The molecule has 114 valence electrons. The minimum atomic E-state index is -0.0443. The molecular formula is C15H27N3O2. The van der Waals surface area contributed by atoms with Crippen LogP contribution in [0.3, 0.4) is 0 Å². The van der Waals surface area contributed by atoms with Crippen molar-refractivity contribution in [1.29, 1.82) is 0 Å². The number of amides is 2. The molecule has 3 fully saturated rings. The van der Waals surface area contributed by atoms with Crippen molar-refractivity contribution >= 4 is 6.03 Å². The molecule has 3 atom stereocenters. The van der Waals surface area contributed by atoms with E-state index in [2.05, 4.69) is 16.0 Å². The fourth-order valence-corrected chi connectivity index (χ4v) is 3.34. The van der Waals surface area contributed by atoms with E-state index >= 15 is 0 Å². The van der Waals surface area contributed by atoms with Crippen LogP contribution < -0.4 is 16.0 Å². The van der Waals surface area contributed by atoms with Gasteiger partial charge in [-0.05, 0) is 37.1 Å². The summed E-state index contributed by atoms with van der Waals surface area (Å²) in [5, 5.41) is 9.24. The van der Waals surface area contributed by atoms with Crippen molar-refractivity contribution in [1.82, 2.24) is 16.0 Å². The van der Waals surface area contributed by atoms with Crippen molar-refractivity contribution in [2.45, 2.75) is 38.2 Å². The van der Waals surface area contributed by atoms with Crippen LogP contribution in [-0.4, -0.2) is 44.9 Å². The maximum atomic E-state index is 11.8. The van der Waals surface area contributed by atoms with Crippen LogP contribution in [0.4, 0.5) is 4.79 Å². The summed E-state index contributed by atoms with van der Waals surface area (Å²) < 4.78 is 5.66. The summed E-state index contributed by atoms with van der Waals surface area (Å²) in [6.45, 7) is 4.05. The van der Waals surface area contributed by atoms with Crippen LogP contribution in [0.2, 0.25) is 0 Å². The largest absolute Gasteiger partial charge is 0.375 e. The van der Waals surface area contributed by atoms with E-state index in [0.717, 1.165) is 50.4 Å². The highest BCUT2D eigenvalue weighted by atomic mass is 16.5. The van der Waals surface area contributed by atoms with E-state index in [9.17, 15) is 4.79 Å². The lowest BCUT2D eigenvalue weighted by Gasteiger charge is -2.25. The first kappa shape index (κ1) is 14.1. The predicted molar refractivity (Wildman–Crippen MR) is 77.6 cm³/mol. The zero-order valence-corrected chi connectivity index (χ0v) is 12.2. The summed E-state index contributed by atoms with van der Waals surface area (Å²) in [4.78, 5) is 11.8. The number of carbonyl (C=O) groups excluding carboxylic acids is 1.